The van der Waals surface area contributed by atoms with Crippen molar-refractivity contribution < 1.29 is 9.53 Å². The van der Waals surface area contributed by atoms with E-state index in [2.05, 4.69) is 11.1 Å². The van der Waals surface area contributed by atoms with Crippen molar-refractivity contribution in [1.82, 2.24) is 4.90 Å². The topological polar surface area (TPSA) is 91.7 Å². The standard InChI is InChI=1S/C22H22N4O2/c1-21(2)13-22(19(27)26(3)20(24)25-22)17-12-16(7-8-18(17)28-21)15-6-4-5-14(11-15)9-10-23/h4-8,11-12H,9,13H2,1-3H3,(H2,24,25). The first-order chi connectivity index (χ1) is 13.3. The van der Waals surface area contributed by atoms with Crippen molar-refractivity contribution in [2.45, 2.75) is 37.8 Å². The van der Waals surface area contributed by atoms with Crippen molar-refractivity contribution in [3.05, 3.63) is 53.6 Å². The average molecular weight is 374 g/mol. The van der Waals surface area contributed by atoms with Crippen LogP contribution in [-0.2, 0) is 16.8 Å². The minimum absolute atomic E-state index is 0.141. The van der Waals surface area contributed by atoms with Crippen LogP contribution in [0.3, 0.4) is 0 Å². The van der Waals surface area contributed by atoms with Crippen LogP contribution in [0.4, 0.5) is 0 Å². The maximum Gasteiger partial charge on any atom is 0.261 e. The van der Waals surface area contributed by atoms with E-state index in [4.69, 9.17) is 15.7 Å². The van der Waals surface area contributed by atoms with Crippen molar-refractivity contribution in [2.75, 3.05) is 7.05 Å². The molecule has 2 heterocycles. The van der Waals surface area contributed by atoms with Crippen molar-refractivity contribution >= 4 is 11.9 Å². The number of carbonyl (C=O) groups excluding carboxylic acids is 1. The van der Waals surface area contributed by atoms with Crippen molar-refractivity contribution in [1.29, 1.82) is 5.26 Å². The molecule has 1 amide bonds. The number of nitrogens with zero attached hydrogens (tertiary/aromatic N) is 3. The van der Waals surface area contributed by atoms with Gasteiger partial charge in [-0.25, -0.2) is 4.99 Å². The molecule has 142 valence electrons. The van der Waals surface area contributed by atoms with Gasteiger partial charge in [-0.1, -0.05) is 30.3 Å². The SMILES string of the molecule is CN1C(=O)C2(CC(C)(C)Oc3ccc(-c4cccc(CC#N)c4)cc32)N=C1N. The normalized spacial score (nSPS) is 22.4. The van der Waals surface area contributed by atoms with E-state index in [-0.39, 0.29) is 11.9 Å². The number of benzene rings is 2. The van der Waals surface area contributed by atoms with Crippen molar-refractivity contribution in [3.8, 4) is 22.9 Å². The molecule has 28 heavy (non-hydrogen) atoms. The molecule has 6 nitrogen and oxygen atoms in total. The van der Waals surface area contributed by atoms with E-state index < -0.39 is 11.1 Å². The van der Waals surface area contributed by atoms with Gasteiger partial charge in [-0.2, -0.15) is 5.26 Å². The molecule has 1 atom stereocenters. The summed E-state index contributed by atoms with van der Waals surface area (Å²) >= 11 is 0. The number of rotatable bonds is 2. The number of amides is 1. The van der Waals surface area contributed by atoms with Gasteiger partial charge in [0.15, 0.2) is 11.5 Å². The van der Waals surface area contributed by atoms with Crippen molar-refractivity contribution in [2.24, 2.45) is 10.7 Å². The number of hydrogen-bond acceptors (Lipinski definition) is 5. The molecule has 0 saturated heterocycles. The second kappa shape index (κ2) is 6.10. The molecule has 0 saturated carbocycles. The number of guanidine groups is 1. The second-order valence-corrected chi connectivity index (χ2v) is 7.98. The molecular formula is C22H22N4O2. The number of fused-ring (bicyclic) bond motifs is 2. The molecule has 0 radical (unpaired) electrons. The summed E-state index contributed by atoms with van der Waals surface area (Å²) in [7, 11) is 1.65. The highest BCUT2D eigenvalue weighted by molar-refractivity contribution is 6.07. The van der Waals surface area contributed by atoms with E-state index in [9.17, 15) is 4.79 Å². The Morgan fingerprint density at radius 3 is 2.68 bits per heavy atom. The summed E-state index contributed by atoms with van der Waals surface area (Å²) in [5, 5.41) is 8.97. The van der Waals surface area contributed by atoms with Gasteiger partial charge in [0.25, 0.3) is 5.91 Å². The Labute approximate surface area is 164 Å². The predicted octanol–water partition coefficient (Wildman–Crippen LogP) is 2.96. The quantitative estimate of drug-likeness (QED) is 0.875. The fourth-order valence-electron chi connectivity index (χ4n) is 4.11. The lowest BCUT2D eigenvalue weighted by Crippen LogP contribution is -2.49. The lowest BCUT2D eigenvalue weighted by Gasteiger charge is -2.41. The van der Waals surface area contributed by atoms with Crippen LogP contribution in [0, 0.1) is 11.3 Å². The maximum absolute atomic E-state index is 13.2. The fraction of sp³-hybridized carbons (Fsp3) is 0.318. The third kappa shape index (κ3) is 2.71. The van der Waals surface area contributed by atoms with Gasteiger partial charge in [0, 0.05) is 19.0 Å². The molecule has 0 fully saturated rings. The van der Waals surface area contributed by atoms with Gasteiger partial charge in [-0.05, 0) is 42.7 Å². The molecule has 2 N–H and O–H groups in total. The monoisotopic (exact) mass is 374 g/mol. The summed E-state index contributed by atoms with van der Waals surface area (Å²) in [5.41, 5.74) is 7.98. The van der Waals surface area contributed by atoms with Crippen LogP contribution in [0.25, 0.3) is 11.1 Å². The number of ether oxygens (including phenoxy) is 1. The average Bonchev–Trinajstić information content (AvgIpc) is 2.85. The molecule has 2 aromatic carbocycles. The third-order valence-corrected chi connectivity index (χ3v) is 5.34. The Kier molecular flexibility index (Phi) is 3.93. The highest BCUT2D eigenvalue weighted by Crippen LogP contribution is 2.49. The summed E-state index contributed by atoms with van der Waals surface area (Å²) in [5.74, 6) is 0.724. The molecule has 2 aliphatic rings. The van der Waals surface area contributed by atoms with Gasteiger partial charge in [-0.3, -0.25) is 9.69 Å². The van der Waals surface area contributed by atoms with Crippen LogP contribution in [0.5, 0.6) is 5.75 Å². The first-order valence-electron chi connectivity index (χ1n) is 9.19. The molecular weight excluding hydrogens is 352 g/mol. The highest BCUT2D eigenvalue weighted by Gasteiger charge is 2.55. The molecule has 6 heteroatoms. The smallest absolute Gasteiger partial charge is 0.261 e. The van der Waals surface area contributed by atoms with Gasteiger partial charge >= 0.3 is 0 Å². The number of nitriles is 1. The van der Waals surface area contributed by atoms with Crippen LogP contribution in [0.15, 0.2) is 47.5 Å². The largest absolute Gasteiger partial charge is 0.487 e. The minimum atomic E-state index is -1.07. The van der Waals surface area contributed by atoms with E-state index in [0.29, 0.717) is 18.6 Å². The molecule has 2 aromatic rings. The number of carbonyl (C=O) groups is 1. The lowest BCUT2D eigenvalue weighted by molar-refractivity contribution is -0.133. The molecule has 1 unspecified atom stereocenters. The summed E-state index contributed by atoms with van der Waals surface area (Å²) in [4.78, 5) is 19.2. The van der Waals surface area contributed by atoms with Crippen LogP contribution in [0.1, 0.15) is 31.4 Å². The highest BCUT2D eigenvalue weighted by atomic mass is 16.5. The maximum atomic E-state index is 13.2. The fourth-order valence-corrected chi connectivity index (χ4v) is 4.11. The van der Waals surface area contributed by atoms with Gasteiger partial charge in [-0.15, -0.1) is 0 Å². The Morgan fingerprint density at radius 1 is 1.25 bits per heavy atom. The van der Waals surface area contributed by atoms with E-state index in [1.54, 1.807) is 7.05 Å². The molecule has 1 spiro atoms. The van der Waals surface area contributed by atoms with Gasteiger partial charge < -0.3 is 10.5 Å². The van der Waals surface area contributed by atoms with E-state index in [1.165, 1.54) is 4.90 Å². The van der Waals surface area contributed by atoms with Gasteiger partial charge in [0.2, 0.25) is 0 Å². The first-order valence-corrected chi connectivity index (χ1v) is 9.19. The summed E-state index contributed by atoms with van der Waals surface area (Å²) < 4.78 is 6.15. The van der Waals surface area contributed by atoms with Crippen LogP contribution in [0.2, 0.25) is 0 Å². The number of aliphatic imine (C=N–C) groups is 1. The number of nitrogens with two attached hydrogens (primary N) is 1. The summed E-state index contributed by atoms with van der Waals surface area (Å²) in [6.45, 7) is 3.91. The number of hydrogen-bond donors (Lipinski definition) is 1. The second-order valence-electron chi connectivity index (χ2n) is 7.98. The van der Waals surface area contributed by atoms with E-state index >= 15 is 0 Å². The van der Waals surface area contributed by atoms with Gasteiger partial charge in [0.05, 0.1) is 12.5 Å². The number of likely N-dealkylation sites (N-methyl/N-ethyl adjacent to an activating group) is 1. The Hall–Kier alpha value is -3.33. The summed E-state index contributed by atoms with van der Waals surface area (Å²) in [6, 6.07) is 15.8. The van der Waals surface area contributed by atoms with Gasteiger partial charge in [0.1, 0.15) is 11.4 Å². The van der Waals surface area contributed by atoms with E-state index in [0.717, 1.165) is 22.3 Å². The Balaban J connectivity index is 1.88. The predicted molar refractivity (Wildman–Crippen MR) is 107 cm³/mol. The van der Waals surface area contributed by atoms with Crippen molar-refractivity contribution in [3.63, 3.8) is 0 Å². The zero-order chi connectivity index (χ0) is 20.1. The first kappa shape index (κ1) is 18.1. The zero-order valence-electron chi connectivity index (χ0n) is 16.2. The van der Waals surface area contributed by atoms with Crippen LogP contribution in [-0.4, -0.2) is 29.4 Å². The van der Waals surface area contributed by atoms with Crippen LogP contribution >= 0.6 is 0 Å². The van der Waals surface area contributed by atoms with Crippen LogP contribution < -0.4 is 10.5 Å². The molecule has 0 aliphatic carbocycles. The van der Waals surface area contributed by atoms with E-state index in [1.807, 2.05) is 56.3 Å². The Bertz CT molecular complexity index is 1050. The third-order valence-electron chi connectivity index (χ3n) is 5.34. The minimum Gasteiger partial charge on any atom is -0.487 e. The lowest BCUT2D eigenvalue weighted by atomic mass is 9.77. The molecule has 0 bridgehead atoms. The Morgan fingerprint density at radius 2 is 2.00 bits per heavy atom. The molecule has 0 aromatic heterocycles. The summed E-state index contributed by atoms with van der Waals surface area (Å²) in [6.07, 6.45) is 0.763. The molecule has 4 rings (SSSR count). The zero-order valence-corrected chi connectivity index (χ0v) is 16.2. The molecule has 2 aliphatic heterocycles.